The maximum absolute atomic E-state index is 9.87. The van der Waals surface area contributed by atoms with Crippen LogP contribution in [0.15, 0.2) is 0 Å². The molecule has 7 heavy (non-hydrogen) atoms. The Morgan fingerprint density at radius 3 is 2.43 bits per heavy atom. The zero-order valence-electron chi connectivity index (χ0n) is 4.17. The predicted octanol–water partition coefficient (Wildman–Crippen LogP) is -0.0814. The smallest absolute Gasteiger partial charge is 0.436 e. The van der Waals surface area contributed by atoms with Gasteiger partial charge in [-0.1, -0.05) is 0 Å². The Kier molecular flexibility index (Phi) is 3.04. The highest BCUT2D eigenvalue weighted by molar-refractivity contribution is 5.58. The predicted molar refractivity (Wildman–Crippen MR) is 21.5 cm³/mol. The van der Waals surface area contributed by atoms with Gasteiger partial charge in [-0.15, -0.1) is 0 Å². The molecule has 0 aromatic heterocycles. The fourth-order valence-electron chi connectivity index (χ4n) is 0.112. The molecule has 0 atom stereocenters. The van der Waals surface area contributed by atoms with Gasteiger partial charge in [0.2, 0.25) is 0 Å². The molecule has 4 nitrogen and oxygen atoms in total. The first-order chi connectivity index (χ1) is 3.31. The van der Waals surface area contributed by atoms with Gasteiger partial charge in [-0.2, -0.15) is 0 Å². The van der Waals surface area contributed by atoms with E-state index < -0.39 is 6.16 Å². The van der Waals surface area contributed by atoms with Gasteiger partial charge in [0.05, 0.1) is 7.11 Å². The summed E-state index contributed by atoms with van der Waals surface area (Å²) in [6, 6.07) is 0. The second kappa shape index (κ2) is 3.42. The Hall–Kier alpha value is -0.770. The molecule has 0 saturated carbocycles. The third kappa shape index (κ3) is 3.05. The quantitative estimate of drug-likeness (QED) is 0.345. The molecule has 0 unspecified atom stereocenters. The third-order valence-corrected chi connectivity index (χ3v) is 0.332. The summed E-state index contributed by atoms with van der Waals surface area (Å²) in [4.78, 5) is 13.8. The lowest BCUT2D eigenvalue weighted by Gasteiger charge is -1.92. The van der Waals surface area contributed by atoms with Crippen LogP contribution in [0.4, 0.5) is 4.79 Å². The van der Waals surface area contributed by atoms with Crippen molar-refractivity contribution in [3.8, 4) is 0 Å². The summed E-state index contributed by atoms with van der Waals surface area (Å²) in [7, 11) is 2.56. The number of carbonyl (C=O) groups excluding carboxylic acids is 1. The molecule has 1 radical (unpaired) electrons. The number of hydrogen-bond donors (Lipinski definition) is 0. The van der Waals surface area contributed by atoms with Gasteiger partial charge in [0, 0.05) is 7.05 Å². The van der Waals surface area contributed by atoms with Gasteiger partial charge in [0.15, 0.2) is 0 Å². The average molecular weight is 104 g/mol. The van der Waals surface area contributed by atoms with E-state index in [9.17, 15) is 4.79 Å². The monoisotopic (exact) mass is 104 g/mol. The zero-order chi connectivity index (χ0) is 5.70. The fraction of sp³-hybridized carbons (Fsp3) is 0.667. The minimum absolute atomic E-state index is 0.789. The summed E-state index contributed by atoms with van der Waals surface area (Å²) in [6.07, 6.45) is -0.789. The van der Waals surface area contributed by atoms with Gasteiger partial charge in [-0.25, -0.2) is 4.79 Å². The topological polar surface area (TPSA) is 49.6 Å². The molecule has 0 aliphatic rings. The molecule has 0 amide bonds. The van der Waals surface area contributed by atoms with Crippen LogP contribution in [0.1, 0.15) is 0 Å². The normalized spacial score (nSPS) is 7.71. The van der Waals surface area contributed by atoms with Crippen LogP contribution in [0.5, 0.6) is 0 Å². The van der Waals surface area contributed by atoms with Crippen molar-refractivity contribution in [2.45, 2.75) is 0 Å². The van der Waals surface area contributed by atoms with Gasteiger partial charge in [-0.05, 0) is 5.48 Å². The van der Waals surface area contributed by atoms with E-state index in [0.717, 1.165) is 0 Å². The first kappa shape index (κ1) is 6.23. The van der Waals surface area contributed by atoms with E-state index in [0.29, 0.717) is 0 Å². The van der Waals surface area contributed by atoms with Crippen LogP contribution in [0, 0.1) is 0 Å². The number of hydrogen-bond acceptors (Lipinski definition) is 3. The molecule has 0 aliphatic heterocycles. The highest BCUT2D eigenvalue weighted by atomic mass is 16.8. The molecule has 0 heterocycles. The maximum Gasteiger partial charge on any atom is 0.528 e. The van der Waals surface area contributed by atoms with Crippen molar-refractivity contribution in [1.29, 1.82) is 0 Å². The zero-order valence-corrected chi connectivity index (χ0v) is 4.17. The summed E-state index contributed by atoms with van der Waals surface area (Å²) >= 11 is 0. The number of nitrogens with zero attached hydrogens (tertiary/aromatic N) is 1. The van der Waals surface area contributed by atoms with Crippen LogP contribution in [0.25, 0.3) is 0 Å². The van der Waals surface area contributed by atoms with Crippen molar-refractivity contribution in [3.63, 3.8) is 0 Å². The number of rotatable bonds is 1. The number of methoxy groups -OCH3 is 1. The lowest BCUT2D eigenvalue weighted by atomic mass is 11.3. The van der Waals surface area contributed by atoms with E-state index in [2.05, 4.69) is 15.1 Å². The average Bonchev–Trinajstić information content (AvgIpc) is 1.68. The summed E-state index contributed by atoms with van der Waals surface area (Å²) in [5.74, 6) is 0. The standard InChI is InChI=1S/C3H6NO3/c1-4-7-3(5)6-2/h1-2H3. The van der Waals surface area contributed by atoms with Crippen molar-refractivity contribution < 1.29 is 14.4 Å². The van der Waals surface area contributed by atoms with Crippen molar-refractivity contribution >= 4 is 6.16 Å². The number of ether oxygens (including phenoxy) is 1. The fourth-order valence-corrected chi connectivity index (χ4v) is 0.112. The molecule has 0 spiro atoms. The van der Waals surface area contributed by atoms with Crippen molar-refractivity contribution in [3.05, 3.63) is 0 Å². The second-order valence-electron chi connectivity index (χ2n) is 0.728. The van der Waals surface area contributed by atoms with Crippen molar-refractivity contribution in [2.24, 2.45) is 0 Å². The first-order valence-electron chi connectivity index (χ1n) is 1.65. The van der Waals surface area contributed by atoms with Crippen LogP contribution in [-0.4, -0.2) is 20.3 Å². The highest BCUT2D eigenvalue weighted by Gasteiger charge is 1.94. The molecular weight excluding hydrogens is 98.0 g/mol. The van der Waals surface area contributed by atoms with E-state index >= 15 is 0 Å². The molecule has 0 aliphatic carbocycles. The Morgan fingerprint density at radius 2 is 2.29 bits per heavy atom. The SMILES string of the molecule is C[N]OC(=O)OC. The van der Waals surface area contributed by atoms with Gasteiger partial charge in [0.25, 0.3) is 0 Å². The van der Waals surface area contributed by atoms with Crippen molar-refractivity contribution in [1.82, 2.24) is 5.48 Å². The molecule has 0 saturated heterocycles. The van der Waals surface area contributed by atoms with Gasteiger partial charge >= 0.3 is 6.16 Å². The van der Waals surface area contributed by atoms with Crippen molar-refractivity contribution in [2.75, 3.05) is 14.2 Å². The van der Waals surface area contributed by atoms with Crippen LogP contribution < -0.4 is 5.48 Å². The number of carbonyl (C=O) groups is 1. The largest absolute Gasteiger partial charge is 0.528 e. The minimum Gasteiger partial charge on any atom is -0.436 e. The van der Waals surface area contributed by atoms with E-state index in [1.54, 1.807) is 0 Å². The van der Waals surface area contributed by atoms with Gasteiger partial charge < -0.3 is 9.57 Å². The Labute approximate surface area is 41.4 Å². The molecular formula is C3H6NO3. The van der Waals surface area contributed by atoms with Crippen LogP contribution in [0.3, 0.4) is 0 Å². The van der Waals surface area contributed by atoms with Gasteiger partial charge in [-0.3, -0.25) is 0 Å². The molecule has 0 N–H and O–H groups in total. The maximum atomic E-state index is 9.87. The molecule has 4 heteroatoms. The summed E-state index contributed by atoms with van der Waals surface area (Å²) in [5.41, 5.74) is 3.03. The minimum atomic E-state index is -0.789. The molecule has 0 aromatic carbocycles. The van der Waals surface area contributed by atoms with Crippen LogP contribution in [0.2, 0.25) is 0 Å². The lowest BCUT2D eigenvalue weighted by molar-refractivity contribution is 0.0344. The Balaban J connectivity index is 3.00. The highest BCUT2D eigenvalue weighted by Crippen LogP contribution is 1.73. The molecule has 0 bridgehead atoms. The summed E-state index contributed by atoms with van der Waals surface area (Å²) in [6.45, 7) is 0. The lowest BCUT2D eigenvalue weighted by Crippen LogP contribution is -2.08. The summed E-state index contributed by atoms with van der Waals surface area (Å²) < 4.78 is 4.04. The Bertz CT molecular complexity index is 63.2. The van der Waals surface area contributed by atoms with E-state index in [4.69, 9.17) is 0 Å². The second-order valence-corrected chi connectivity index (χ2v) is 0.728. The van der Waals surface area contributed by atoms with E-state index in [1.165, 1.54) is 14.2 Å². The number of hydroxylamine groups is 1. The molecule has 0 rings (SSSR count). The Morgan fingerprint density at radius 1 is 1.71 bits per heavy atom. The molecule has 0 fully saturated rings. The van der Waals surface area contributed by atoms with Crippen LogP contribution in [-0.2, 0) is 9.57 Å². The van der Waals surface area contributed by atoms with Crippen LogP contribution >= 0.6 is 0 Å². The molecule has 0 aromatic rings. The van der Waals surface area contributed by atoms with E-state index in [1.807, 2.05) is 0 Å². The third-order valence-electron chi connectivity index (χ3n) is 0.332. The van der Waals surface area contributed by atoms with Gasteiger partial charge in [0.1, 0.15) is 0 Å². The first-order valence-corrected chi connectivity index (χ1v) is 1.65. The summed E-state index contributed by atoms with van der Waals surface area (Å²) in [5, 5.41) is 0. The molecule has 41 valence electrons. The van der Waals surface area contributed by atoms with E-state index in [-0.39, 0.29) is 0 Å².